The van der Waals surface area contributed by atoms with Crippen molar-refractivity contribution >= 4 is 21.8 Å². The number of hydrogen-bond acceptors (Lipinski definition) is 3. The van der Waals surface area contributed by atoms with E-state index in [1.54, 1.807) is 0 Å². The lowest BCUT2D eigenvalue weighted by Gasteiger charge is -2.31. The van der Waals surface area contributed by atoms with Gasteiger partial charge in [0.25, 0.3) is 0 Å². The molecule has 126 valence electrons. The summed E-state index contributed by atoms with van der Waals surface area (Å²) in [5, 5.41) is 22.7. The number of aliphatic hydroxyl groups excluding tert-OH is 2. The second-order valence-corrected chi connectivity index (χ2v) is 6.83. The first-order valence-electron chi connectivity index (χ1n) is 8.77. The Morgan fingerprint density at radius 2 is 1.42 bits per heavy atom. The lowest BCUT2D eigenvalue weighted by Crippen LogP contribution is -2.41. The van der Waals surface area contributed by atoms with Crippen LogP contribution in [0.25, 0.3) is 21.8 Å². The predicted molar refractivity (Wildman–Crippen MR) is 97.1 cm³/mol. The molecule has 0 radical (unpaired) electrons. The number of benzene rings is 2. The zero-order valence-corrected chi connectivity index (χ0v) is 13.8. The Balaban J connectivity index is 1.59. The number of aromatic nitrogens is 1. The minimum atomic E-state index is -0.417. The van der Waals surface area contributed by atoms with Gasteiger partial charge in [-0.05, 0) is 25.0 Å². The van der Waals surface area contributed by atoms with Crippen molar-refractivity contribution in [1.82, 2.24) is 9.47 Å². The SMILES string of the molecule is OC1CCN(C[C@H](O)Cn2c3ccccc3c3ccccc32)CC1. The molecule has 4 nitrogen and oxygen atoms in total. The van der Waals surface area contributed by atoms with Gasteiger partial charge in [-0.3, -0.25) is 0 Å². The van der Waals surface area contributed by atoms with E-state index in [4.69, 9.17) is 0 Å². The van der Waals surface area contributed by atoms with Gasteiger partial charge in [-0.2, -0.15) is 0 Å². The van der Waals surface area contributed by atoms with E-state index in [1.807, 2.05) is 0 Å². The van der Waals surface area contributed by atoms with Crippen molar-refractivity contribution in [3.63, 3.8) is 0 Å². The Kier molecular flexibility index (Phi) is 4.27. The number of β-amino-alcohol motifs (C(OH)–C–C–N with tert-alkyl or cyclic N) is 1. The molecular formula is C20H24N2O2. The fraction of sp³-hybridized carbons (Fsp3) is 0.400. The molecule has 24 heavy (non-hydrogen) atoms. The van der Waals surface area contributed by atoms with Crippen molar-refractivity contribution in [3.8, 4) is 0 Å². The molecule has 0 amide bonds. The summed E-state index contributed by atoms with van der Waals surface area (Å²) in [7, 11) is 0. The number of aliphatic hydroxyl groups is 2. The van der Waals surface area contributed by atoms with Crippen molar-refractivity contribution in [3.05, 3.63) is 48.5 Å². The quantitative estimate of drug-likeness (QED) is 0.775. The Labute approximate surface area is 141 Å². The summed E-state index contributed by atoms with van der Waals surface area (Å²) in [6.45, 7) is 2.98. The van der Waals surface area contributed by atoms with Gasteiger partial charge in [0.1, 0.15) is 0 Å². The maximum atomic E-state index is 10.6. The molecule has 0 bridgehead atoms. The van der Waals surface area contributed by atoms with Crippen molar-refractivity contribution in [2.75, 3.05) is 19.6 Å². The van der Waals surface area contributed by atoms with Gasteiger partial charge in [0, 0.05) is 41.4 Å². The average molecular weight is 324 g/mol. The minimum Gasteiger partial charge on any atom is -0.393 e. The molecule has 1 atom stereocenters. The van der Waals surface area contributed by atoms with Crippen molar-refractivity contribution < 1.29 is 10.2 Å². The van der Waals surface area contributed by atoms with Crippen LogP contribution in [-0.2, 0) is 6.54 Å². The third-order valence-electron chi connectivity index (χ3n) is 5.10. The number of likely N-dealkylation sites (tertiary alicyclic amines) is 1. The first kappa shape index (κ1) is 15.6. The summed E-state index contributed by atoms with van der Waals surface area (Å²) in [6, 6.07) is 16.8. The summed E-state index contributed by atoms with van der Waals surface area (Å²) in [6.07, 6.45) is 1.03. The maximum Gasteiger partial charge on any atom is 0.0845 e. The number of nitrogens with zero attached hydrogens (tertiary/aromatic N) is 2. The molecule has 0 spiro atoms. The molecule has 3 aromatic rings. The number of hydrogen-bond donors (Lipinski definition) is 2. The molecule has 2 aromatic carbocycles. The first-order chi connectivity index (χ1) is 11.7. The molecule has 2 N–H and O–H groups in total. The van der Waals surface area contributed by atoms with Crippen molar-refractivity contribution in [1.29, 1.82) is 0 Å². The maximum absolute atomic E-state index is 10.6. The molecule has 1 aliphatic heterocycles. The zero-order valence-electron chi connectivity index (χ0n) is 13.8. The van der Waals surface area contributed by atoms with E-state index in [2.05, 4.69) is 58.0 Å². The topological polar surface area (TPSA) is 48.6 Å². The van der Waals surface area contributed by atoms with Crippen LogP contribution in [0.4, 0.5) is 0 Å². The molecule has 0 saturated carbocycles. The second kappa shape index (κ2) is 6.55. The fourth-order valence-electron chi connectivity index (χ4n) is 3.87. The van der Waals surface area contributed by atoms with Gasteiger partial charge < -0.3 is 19.7 Å². The van der Waals surface area contributed by atoms with Gasteiger partial charge in [-0.15, -0.1) is 0 Å². The highest BCUT2D eigenvalue weighted by Gasteiger charge is 2.20. The van der Waals surface area contributed by atoms with E-state index >= 15 is 0 Å². The van der Waals surface area contributed by atoms with Gasteiger partial charge in [-0.25, -0.2) is 0 Å². The lowest BCUT2D eigenvalue weighted by atomic mass is 10.1. The largest absolute Gasteiger partial charge is 0.393 e. The monoisotopic (exact) mass is 324 g/mol. The Hall–Kier alpha value is -1.88. The van der Waals surface area contributed by atoms with Crippen LogP contribution in [0.3, 0.4) is 0 Å². The molecule has 1 fully saturated rings. The highest BCUT2D eigenvalue weighted by Crippen LogP contribution is 2.29. The summed E-state index contributed by atoms with van der Waals surface area (Å²) in [4.78, 5) is 2.26. The fourth-order valence-corrected chi connectivity index (χ4v) is 3.87. The third kappa shape index (κ3) is 2.93. The second-order valence-electron chi connectivity index (χ2n) is 6.83. The van der Waals surface area contributed by atoms with Crippen molar-refractivity contribution in [2.45, 2.75) is 31.6 Å². The van der Waals surface area contributed by atoms with E-state index < -0.39 is 6.10 Å². The molecule has 0 aliphatic carbocycles. The molecular weight excluding hydrogens is 300 g/mol. The van der Waals surface area contributed by atoms with Gasteiger partial charge >= 0.3 is 0 Å². The Morgan fingerprint density at radius 1 is 0.875 bits per heavy atom. The molecule has 0 unspecified atom stereocenters. The summed E-state index contributed by atoms with van der Waals surface area (Å²) >= 11 is 0. The first-order valence-corrected chi connectivity index (χ1v) is 8.77. The molecule has 1 aliphatic rings. The highest BCUT2D eigenvalue weighted by molar-refractivity contribution is 6.07. The van der Waals surface area contributed by atoms with Gasteiger partial charge in [0.15, 0.2) is 0 Å². The van der Waals surface area contributed by atoms with E-state index in [0.29, 0.717) is 13.1 Å². The summed E-state index contributed by atoms with van der Waals surface area (Å²) in [5.74, 6) is 0. The van der Waals surface area contributed by atoms with Crippen LogP contribution in [-0.4, -0.2) is 51.5 Å². The number of fused-ring (bicyclic) bond motifs is 3. The smallest absolute Gasteiger partial charge is 0.0845 e. The Bertz CT molecular complexity index is 781. The van der Waals surface area contributed by atoms with E-state index in [9.17, 15) is 10.2 Å². The standard InChI is InChI=1S/C20H24N2O2/c23-15-9-11-21(12-10-15)13-16(24)14-22-19-7-3-1-5-17(19)18-6-2-4-8-20(18)22/h1-8,15-16,23-24H,9-14H2/t16-/m0/s1. The summed E-state index contributed by atoms with van der Waals surface area (Å²) in [5.41, 5.74) is 2.35. The number of piperidine rings is 1. The van der Waals surface area contributed by atoms with E-state index in [0.717, 1.165) is 25.9 Å². The van der Waals surface area contributed by atoms with Gasteiger partial charge in [-0.1, -0.05) is 36.4 Å². The molecule has 1 aromatic heterocycles. The van der Waals surface area contributed by atoms with E-state index in [1.165, 1.54) is 21.8 Å². The summed E-state index contributed by atoms with van der Waals surface area (Å²) < 4.78 is 2.23. The molecule has 1 saturated heterocycles. The molecule has 4 heteroatoms. The Morgan fingerprint density at radius 3 is 2.00 bits per heavy atom. The molecule has 4 rings (SSSR count). The van der Waals surface area contributed by atoms with Crippen LogP contribution in [0.5, 0.6) is 0 Å². The van der Waals surface area contributed by atoms with Crippen LogP contribution in [0, 0.1) is 0 Å². The lowest BCUT2D eigenvalue weighted by molar-refractivity contribution is 0.0466. The predicted octanol–water partition coefficient (Wildman–Crippen LogP) is 2.61. The van der Waals surface area contributed by atoms with Gasteiger partial charge in [0.2, 0.25) is 0 Å². The van der Waals surface area contributed by atoms with Crippen LogP contribution in [0.1, 0.15) is 12.8 Å². The third-order valence-corrected chi connectivity index (χ3v) is 5.10. The zero-order chi connectivity index (χ0) is 16.5. The average Bonchev–Trinajstić information content (AvgIpc) is 2.92. The minimum absolute atomic E-state index is 0.171. The van der Waals surface area contributed by atoms with Crippen LogP contribution >= 0.6 is 0 Å². The van der Waals surface area contributed by atoms with Crippen LogP contribution in [0.15, 0.2) is 48.5 Å². The highest BCUT2D eigenvalue weighted by atomic mass is 16.3. The normalized spacial score (nSPS) is 18.4. The number of rotatable bonds is 4. The van der Waals surface area contributed by atoms with Gasteiger partial charge in [0.05, 0.1) is 18.8 Å². The van der Waals surface area contributed by atoms with Crippen LogP contribution < -0.4 is 0 Å². The van der Waals surface area contributed by atoms with Crippen LogP contribution in [0.2, 0.25) is 0 Å². The van der Waals surface area contributed by atoms with E-state index in [-0.39, 0.29) is 6.10 Å². The van der Waals surface area contributed by atoms with Crippen molar-refractivity contribution in [2.24, 2.45) is 0 Å². The molecule has 2 heterocycles. The number of para-hydroxylation sites is 2.